The second-order valence-corrected chi connectivity index (χ2v) is 7.69. The molecule has 6 heteroatoms. The number of benzene rings is 1. The van der Waals surface area contributed by atoms with Crippen LogP contribution in [0.1, 0.15) is 55.9 Å². The second-order valence-electron chi connectivity index (χ2n) is 6.75. The predicted molar refractivity (Wildman–Crippen MR) is 96.4 cm³/mol. The molecule has 0 amide bonds. The summed E-state index contributed by atoms with van der Waals surface area (Å²) in [6, 6.07) is 7.81. The third kappa shape index (κ3) is 4.45. The van der Waals surface area contributed by atoms with Crippen molar-refractivity contribution < 1.29 is 9.90 Å². The Labute approximate surface area is 147 Å². The van der Waals surface area contributed by atoms with E-state index in [2.05, 4.69) is 37.9 Å². The summed E-state index contributed by atoms with van der Waals surface area (Å²) in [5, 5.41) is 18.0. The molecule has 0 unspecified atom stereocenters. The van der Waals surface area contributed by atoms with Crippen molar-refractivity contribution in [3.63, 3.8) is 0 Å². The Morgan fingerprint density at radius 1 is 1.21 bits per heavy atom. The molecule has 2 aromatic rings. The molecule has 5 nitrogen and oxygen atoms in total. The number of thioether (sulfide) groups is 1. The minimum absolute atomic E-state index is 0.0667. The Bertz CT molecular complexity index is 687. The van der Waals surface area contributed by atoms with Crippen molar-refractivity contribution in [2.45, 2.75) is 57.8 Å². The lowest BCUT2D eigenvalue weighted by Crippen LogP contribution is -2.12. The zero-order valence-corrected chi connectivity index (χ0v) is 15.6. The average Bonchev–Trinajstić information content (AvgIpc) is 2.94. The molecule has 130 valence electrons. The first-order valence-electron chi connectivity index (χ1n) is 8.16. The van der Waals surface area contributed by atoms with Crippen molar-refractivity contribution in [2.24, 2.45) is 0 Å². The minimum Gasteiger partial charge on any atom is -0.388 e. The maximum atomic E-state index is 12.4. The van der Waals surface area contributed by atoms with Gasteiger partial charge in [0.15, 0.2) is 16.8 Å². The average molecular weight is 347 g/mol. The van der Waals surface area contributed by atoms with Gasteiger partial charge in [0.1, 0.15) is 6.61 Å². The zero-order chi connectivity index (χ0) is 17.7. The van der Waals surface area contributed by atoms with Gasteiger partial charge in [0, 0.05) is 12.1 Å². The SMILES string of the molecule is CCCn1c(CO)nnc1SCC(=O)c1ccc(C(C)(C)C)cc1. The van der Waals surface area contributed by atoms with Crippen LogP contribution in [0.3, 0.4) is 0 Å². The van der Waals surface area contributed by atoms with Crippen LogP contribution in [0.4, 0.5) is 0 Å². The smallest absolute Gasteiger partial charge is 0.191 e. The van der Waals surface area contributed by atoms with Crippen molar-refractivity contribution in [3.8, 4) is 0 Å². The molecule has 0 atom stereocenters. The van der Waals surface area contributed by atoms with Gasteiger partial charge in [-0.2, -0.15) is 0 Å². The molecule has 0 aliphatic heterocycles. The van der Waals surface area contributed by atoms with Crippen LogP contribution >= 0.6 is 11.8 Å². The Morgan fingerprint density at radius 3 is 2.42 bits per heavy atom. The fourth-order valence-electron chi connectivity index (χ4n) is 2.36. The van der Waals surface area contributed by atoms with E-state index < -0.39 is 0 Å². The minimum atomic E-state index is -0.143. The molecule has 1 N–H and O–H groups in total. The lowest BCUT2D eigenvalue weighted by molar-refractivity contribution is 0.102. The molecular weight excluding hydrogens is 322 g/mol. The fourth-order valence-corrected chi connectivity index (χ4v) is 3.24. The van der Waals surface area contributed by atoms with Crippen LogP contribution in [0.25, 0.3) is 0 Å². The van der Waals surface area contributed by atoms with Gasteiger partial charge in [-0.15, -0.1) is 10.2 Å². The normalized spacial score (nSPS) is 11.7. The summed E-state index contributed by atoms with van der Waals surface area (Å²) in [5.74, 6) is 0.917. The molecule has 0 aliphatic rings. The van der Waals surface area contributed by atoms with Crippen molar-refractivity contribution in [2.75, 3.05) is 5.75 Å². The number of carbonyl (C=O) groups is 1. The van der Waals surface area contributed by atoms with E-state index in [1.807, 2.05) is 28.8 Å². The number of aromatic nitrogens is 3. The molecule has 0 radical (unpaired) electrons. The monoisotopic (exact) mass is 347 g/mol. The number of hydrogen-bond acceptors (Lipinski definition) is 5. The number of aliphatic hydroxyl groups excluding tert-OH is 1. The highest BCUT2D eigenvalue weighted by molar-refractivity contribution is 7.99. The highest BCUT2D eigenvalue weighted by Gasteiger charge is 2.16. The lowest BCUT2D eigenvalue weighted by atomic mass is 9.86. The van der Waals surface area contributed by atoms with E-state index in [0.29, 0.717) is 22.3 Å². The Balaban J connectivity index is 2.04. The van der Waals surface area contributed by atoms with Gasteiger partial charge in [0.05, 0.1) is 5.75 Å². The molecule has 0 spiro atoms. The highest BCUT2D eigenvalue weighted by Crippen LogP contribution is 2.23. The first-order valence-corrected chi connectivity index (χ1v) is 9.14. The van der Waals surface area contributed by atoms with Crippen LogP contribution in [0, 0.1) is 0 Å². The molecular formula is C18H25N3O2S. The van der Waals surface area contributed by atoms with Gasteiger partial charge in [-0.25, -0.2) is 0 Å². The van der Waals surface area contributed by atoms with Gasteiger partial charge in [0.2, 0.25) is 0 Å². The number of aliphatic hydroxyl groups is 1. The van der Waals surface area contributed by atoms with Gasteiger partial charge >= 0.3 is 0 Å². The van der Waals surface area contributed by atoms with Crippen LogP contribution in [-0.2, 0) is 18.6 Å². The van der Waals surface area contributed by atoms with Crippen molar-refractivity contribution in [1.29, 1.82) is 0 Å². The van der Waals surface area contributed by atoms with Crippen LogP contribution in [0.2, 0.25) is 0 Å². The Hall–Kier alpha value is -1.66. The van der Waals surface area contributed by atoms with E-state index in [1.165, 1.54) is 17.3 Å². The van der Waals surface area contributed by atoms with Gasteiger partial charge < -0.3 is 9.67 Å². The molecule has 1 aromatic heterocycles. The van der Waals surface area contributed by atoms with Gasteiger partial charge in [-0.1, -0.05) is 63.7 Å². The number of hydrogen-bond donors (Lipinski definition) is 1. The summed E-state index contributed by atoms with van der Waals surface area (Å²) in [6.07, 6.45) is 0.917. The Morgan fingerprint density at radius 2 is 1.88 bits per heavy atom. The van der Waals surface area contributed by atoms with Crippen LogP contribution < -0.4 is 0 Å². The van der Waals surface area contributed by atoms with E-state index in [9.17, 15) is 9.90 Å². The van der Waals surface area contributed by atoms with Crippen LogP contribution in [0.15, 0.2) is 29.4 Å². The number of ketones is 1. The third-order valence-corrected chi connectivity index (χ3v) is 4.75. The number of carbonyl (C=O) groups excluding carboxylic acids is 1. The van der Waals surface area contributed by atoms with Crippen LogP contribution in [0.5, 0.6) is 0 Å². The summed E-state index contributed by atoms with van der Waals surface area (Å²) in [5.41, 5.74) is 1.99. The summed E-state index contributed by atoms with van der Waals surface area (Å²) < 4.78 is 1.88. The topological polar surface area (TPSA) is 68.0 Å². The predicted octanol–water partition coefficient (Wildman–Crippen LogP) is 3.45. The maximum Gasteiger partial charge on any atom is 0.191 e. The number of nitrogens with zero attached hydrogens (tertiary/aromatic N) is 3. The van der Waals surface area contributed by atoms with E-state index >= 15 is 0 Å². The quantitative estimate of drug-likeness (QED) is 0.614. The van der Waals surface area contributed by atoms with Crippen LogP contribution in [-0.4, -0.2) is 31.4 Å². The molecule has 0 bridgehead atoms. The number of rotatable bonds is 7. The second kappa shape index (κ2) is 7.94. The molecule has 0 aliphatic carbocycles. The lowest BCUT2D eigenvalue weighted by Gasteiger charge is -2.18. The fraction of sp³-hybridized carbons (Fsp3) is 0.500. The highest BCUT2D eigenvalue weighted by atomic mass is 32.2. The first-order chi connectivity index (χ1) is 11.4. The van der Waals surface area contributed by atoms with Crippen molar-refractivity contribution in [1.82, 2.24) is 14.8 Å². The molecule has 1 heterocycles. The van der Waals surface area contributed by atoms with Gasteiger partial charge in [0.25, 0.3) is 0 Å². The van der Waals surface area contributed by atoms with E-state index in [-0.39, 0.29) is 17.8 Å². The third-order valence-electron chi connectivity index (χ3n) is 3.79. The summed E-state index contributed by atoms with van der Waals surface area (Å²) in [6.45, 7) is 9.10. The number of Topliss-reactive ketones (excluding diaryl/α,β-unsaturated/α-hetero) is 1. The summed E-state index contributed by atoms with van der Waals surface area (Å²) in [4.78, 5) is 12.4. The summed E-state index contributed by atoms with van der Waals surface area (Å²) in [7, 11) is 0. The standard InChI is InChI=1S/C18H25N3O2S/c1-5-10-21-16(11-22)19-20-17(21)24-12-15(23)13-6-8-14(9-7-13)18(2,3)4/h6-9,22H,5,10-12H2,1-4H3. The molecule has 0 fully saturated rings. The van der Waals surface area contributed by atoms with E-state index in [4.69, 9.17) is 0 Å². The van der Waals surface area contributed by atoms with E-state index in [0.717, 1.165) is 13.0 Å². The van der Waals surface area contributed by atoms with Gasteiger partial charge in [-0.3, -0.25) is 4.79 Å². The van der Waals surface area contributed by atoms with Gasteiger partial charge in [-0.05, 0) is 17.4 Å². The molecule has 2 rings (SSSR count). The molecule has 0 saturated heterocycles. The molecule has 0 saturated carbocycles. The summed E-state index contributed by atoms with van der Waals surface area (Å²) >= 11 is 1.36. The van der Waals surface area contributed by atoms with Crippen molar-refractivity contribution in [3.05, 3.63) is 41.2 Å². The largest absolute Gasteiger partial charge is 0.388 e. The molecule has 1 aromatic carbocycles. The van der Waals surface area contributed by atoms with Crippen molar-refractivity contribution >= 4 is 17.5 Å². The first kappa shape index (κ1) is 18.7. The maximum absolute atomic E-state index is 12.4. The Kier molecular flexibility index (Phi) is 6.18. The molecule has 24 heavy (non-hydrogen) atoms. The van der Waals surface area contributed by atoms with E-state index in [1.54, 1.807) is 0 Å². The zero-order valence-electron chi connectivity index (χ0n) is 14.7.